The second kappa shape index (κ2) is 9.01. The molecule has 1 amide bonds. The van der Waals surface area contributed by atoms with Gasteiger partial charge in [-0.15, -0.1) is 5.10 Å². The summed E-state index contributed by atoms with van der Waals surface area (Å²) in [5.41, 5.74) is 1.10. The lowest BCUT2D eigenvalue weighted by Gasteiger charge is -2.15. The number of anilines is 1. The summed E-state index contributed by atoms with van der Waals surface area (Å²) in [4.78, 5) is 37.8. The van der Waals surface area contributed by atoms with Gasteiger partial charge in [-0.1, -0.05) is 11.8 Å². The van der Waals surface area contributed by atoms with Crippen molar-refractivity contribution in [1.29, 1.82) is 0 Å². The summed E-state index contributed by atoms with van der Waals surface area (Å²) in [6, 6.07) is 7.08. The highest BCUT2D eigenvalue weighted by molar-refractivity contribution is 7.99. The molecule has 3 rings (SSSR count). The van der Waals surface area contributed by atoms with Crippen molar-refractivity contribution in [2.45, 2.75) is 31.0 Å². The molecular weight excluding hydrogens is 368 g/mol. The molecule has 1 aromatic heterocycles. The smallest absolute Gasteiger partial charge is 0.343 e. The van der Waals surface area contributed by atoms with Crippen LogP contribution in [0, 0.1) is 0 Å². The Morgan fingerprint density at radius 3 is 2.74 bits per heavy atom. The Labute approximate surface area is 160 Å². The monoisotopic (exact) mass is 390 g/mol. The molecule has 2 heterocycles. The van der Waals surface area contributed by atoms with Gasteiger partial charge >= 0.3 is 5.69 Å². The van der Waals surface area contributed by atoms with E-state index in [9.17, 15) is 14.4 Å². The number of nitrogens with zero attached hydrogens (tertiary/aromatic N) is 3. The molecule has 1 N–H and O–H groups in total. The number of aromatic nitrogens is 3. The van der Waals surface area contributed by atoms with Crippen molar-refractivity contribution in [1.82, 2.24) is 14.8 Å². The average Bonchev–Trinajstić information content (AvgIpc) is 3.26. The quantitative estimate of drug-likeness (QED) is 0.398. The van der Waals surface area contributed by atoms with Gasteiger partial charge in [0.05, 0.1) is 5.75 Å². The molecule has 1 aliphatic rings. The molecule has 1 aliphatic heterocycles. The highest BCUT2D eigenvalue weighted by Crippen LogP contribution is 2.22. The Bertz CT molecular complexity index is 859. The maximum absolute atomic E-state index is 12.4. The second-order valence-electron chi connectivity index (χ2n) is 6.22. The maximum atomic E-state index is 12.4. The van der Waals surface area contributed by atoms with Crippen molar-refractivity contribution in [3.05, 3.63) is 40.3 Å². The summed E-state index contributed by atoms with van der Waals surface area (Å²) in [6.07, 6.45) is 2.13. The van der Waals surface area contributed by atoms with Crippen LogP contribution in [0.15, 0.2) is 34.2 Å². The lowest BCUT2D eigenvalue weighted by atomic mass is 10.1. The van der Waals surface area contributed by atoms with E-state index in [-0.39, 0.29) is 23.1 Å². The number of rotatable bonds is 9. The van der Waals surface area contributed by atoms with Gasteiger partial charge in [0.25, 0.3) is 0 Å². The van der Waals surface area contributed by atoms with E-state index in [4.69, 9.17) is 4.74 Å². The molecule has 0 radical (unpaired) electrons. The molecular formula is C18H22N4O4S. The summed E-state index contributed by atoms with van der Waals surface area (Å²) in [7, 11) is 1.61. The summed E-state index contributed by atoms with van der Waals surface area (Å²) in [5, 5.41) is 6.89. The molecule has 2 aromatic rings. The molecule has 0 aliphatic carbocycles. The zero-order valence-corrected chi connectivity index (χ0v) is 16.0. The Morgan fingerprint density at radius 1 is 1.30 bits per heavy atom. The molecule has 0 unspecified atom stereocenters. The van der Waals surface area contributed by atoms with Crippen molar-refractivity contribution in [2.24, 2.45) is 0 Å². The van der Waals surface area contributed by atoms with Crippen LogP contribution in [0.3, 0.4) is 0 Å². The van der Waals surface area contributed by atoms with Crippen LogP contribution in [0.5, 0.6) is 0 Å². The van der Waals surface area contributed by atoms with Crippen molar-refractivity contribution in [3.63, 3.8) is 0 Å². The first-order chi connectivity index (χ1) is 13.1. The number of H-pyrrole nitrogens is 1. The highest BCUT2D eigenvalue weighted by atomic mass is 32.2. The van der Waals surface area contributed by atoms with Gasteiger partial charge in [-0.2, -0.15) is 0 Å². The van der Waals surface area contributed by atoms with Crippen molar-refractivity contribution in [2.75, 3.05) is 30.9 Å². The minimum Gasteiger partial charge on any atom is -0.385 e. The SMILES string of the molecule is COCCCn1c(SCC(=O)c2ccc(N3CCCC3=O)cc2)n[nH]c1=O. The molecule has 144 valence electrons. The minimum atomic E-state index is -0.291. The van der Waals surface area contributed by atoms with Gasteiger partial charge in [-0.05, 0) is 37.1 Å². The molecule has 0 atom stereocenters. The number of ether oxygens (including phenoxy) is 1. The van der Waals surface area contributed by atoms with Gasteiger partial charge in [-0.25, -0.2) is 9.89 Å². The molecule has 0 saturated carbocycles. The average molecular weight is 390 g/mol. The van der Waals surface area contributed by atoms with E-state index in [1.165, 1.54) is 16.3 Å². The number of ketones is 1. The molecule has 27 heavy (non-hydrogen) atoms. The number of amides is 1. The van der Waals surface area contributed by atoms with E-state index >= 15 is 0 Å². The van der Waals surface area contributed by atoms with Crippen LogP contribution < -0.4 is 10.6 Å². The number of nitrogens with one attached hydrogen (secondary N) is 1. The number of hydrogen-bond donors (Lipinski definition) is 1. The van der Waals surface area contributed by atoms with E-state index in [1.807, 2.05) is 0 Å². The minimum absolute atomic E-state index is 0.0572. The van der Waals surface area contributed by atoms with Crippen LogP contribution in [0.1, 0.15) is 29.6 Å². The summed E-state index contributed by atoms with van der Waals surface area (Å²) in [5.74, 6) is 0.240. The number of methoxy groups -OCH3 is 1. The topological polar surface area (TPSA) is 97.3 Å². The van der Waals surface area contributed by atoms with Crippen molar-refractivity contribution < 1.29 is 14.3 Å². The summed E-state index contributed by atoms with van der Waals surface area (Å²) < 4.78 is 6.51. The first-order valence-electron chi connectivity index (χ1n) is 8.80. The van der Waals surface area contributed by atoms with E-state index in [2.05, 4.69) is 10.2 Å². The van der Waals surface area contributed by atoms with E-state index in [1.54, 1.807) is 36.3 Å². The van der Waals surface area contributed by atoms with Crippen LogP contribution in [0.25, 0.3) is 0 Å². The first kappa shape index (κ1) is 19.4. The highest BCUT2D eigenvalue weighted by Gasteiger charge is 2.21. The Morgan fingerprint density at radius 2 is 2.07 bits per heavy atom. The van der Waals surface area contributed by atoms with E-state index in [0.29, 0.717) is 36.7 Å². The third kappa shape index (κ3) is 4.67. The van der Waals surface area contributed by atoms with Crippen LogP contribution in [-0.2, 0) is 16.1 Å². The largest absolute Gasteiger partial charge is 0.385 e. The Balaban J connectivity index is 1.59. The molecule has 0 bridgehead atoms. The van der Waals surface area contributed by atoms with E-state index in [0.717, 1.165) is 18.7 Å². The lowest BCUT2D eigenvalue weighted by Crippen LogP contribution is -2.23. The van der Waals surface area contributed by atoms with Gasteiger partial charge in [0, 0.05) is 44.5 Å². The number of carbonyl (C=O) groups excluding carboxylic acids is 2. The van der Waals surface area contributed by atoms with Gasteiger partial charge in [0.2, 0.25) is 5.91 Å². The standard InChI is InChI=1S/C18H22N4O4S/c1-26-11-3-10-22-17(25)19-20-18(22)27-12-15(23)13-5-7-14(8-6-13)21-9-2-4-16(21)24/h5-8H,2-4,9-12H2,1H3,(H,19,25). The molecule has 9 heteroatoms. The molecule has 8 nitrogen and oxygen atoms in total. The van der Waals surface area contributed by atoms with Gasteiger partial charge in [0.15, 0.2) is 10.9 Å². The van der Waals surface area contributed by atoms with Gasteiger partial charge in [-0.3, -0.25) is 14.2 Å². The van der Waals surface area contributed by atoms with Crippen LogP contribution in [-0.4, -0.2) is 52.5 Å². The number of carbonyl (C=O) groups is 2. The maximum Gasteiger partial charge on any atom is 0.343 e. The number of benzene rings is 1. The predicted octanol–water partition coefficient (Wildman–Crippen LogP) is 1.71. The number of hydrogen-bond acceptors (Lipinski definition) is 6. The fourth-order valence-corrected chi connectivity index (χ4v) is 3.81. The van der Waals surface area contributed by atoms with Gasteiger partial charge in [0.1, 0.15) is 0 Å². The first-order valence-corrected chi connectivity index (χ1v) is 9.79. The third-order valence-corrected chi connectivity index (χ3v) is 5.34. The molecule has 0 spiro atoms. The zero-order valence-electron chi connectivity index (χ0n) is 15.1. The summed E-state index contributed by atoms with van der Waals surface area (Å²) in [6.45, 7) is 1.76. The Hall–Kier alpha value is -2.39. The van der Waals surface area contributed by atoms with E-state index < -0.39 is 0 Å². The molecule has 1 fully saturated rings. The lowest BCUT2D eigenvalue weighted by molar-refractivity contribution is -0.117. The van der Waals surface area contributed by atoms with Crippen molar-refractivity contribution >= 4 is 29.1 Å². The third-order valence-electron chi connectivity index (χ3n) is 4.36. The fourth-order valence-electron chi connectivity index (χ4n) is 2.94. The van der Waals surface area contributed by atoms with Crippen molar-refractivity contribution in [3.8, 4) is 0 Å². The Kier molecular flexibility index (Phi) is 6.46. The normalized spacial score (nSPS) is 14.1. The zero-order chi connectivity index (χ0) is 19.2. The second-order valence-corrected chi connectivity index (χ2v) is 7.16. The number of thioether (sulfide) groups is 1. The predicted molar refractivity (Wildman–Crippen MR) is 102 cm³/mol. The number of Topliss-reactive ketones (excluding diaryl/α,β-unsaturated/α-hetero) is 1. The van der Waals surface area contributed by atoms with Gasteiger partial charge < -0.3 is 9.64 Å². The molecule has 1 saturated heterocycles. The number of aromatic amines is 1. The van der Waals surface area contributed by atoms with Crippen LogP contribution in [0.2, 0.25) is 0 Å². The summed E-state index contributed by atoms with van der Waals surface area (Å²) >= 11 is 1.22. The van der Waals surface area contributed by atoms with Crippen LogP contribution in [0.4, 0.5) is 5.69 Å². The molecule has 1 aromatic carbocycles. The fraction of sp³-hybridized carbons (Fsp3) is 0.444. The van der Waals surface area contributed by atoms with Crippen LogP contribution >= 0.6 is 11.8 Å².